The molecule has 1 aliphatic rings. The van der Waals surface area contributed by atoms with E-state index in [-0.39, 0.29) is 11.6 Å². The van der Waals surface area contributed by atoms with Crippen LogP contribution in [0.4, 0.5) is 4.39 Å². The monoisotopic (exact) mass is 523 g/mol. The van der Waals surface area contributed by atoms with E-state index in [1.165, 1.54) is 17.2 Å². The standard InChI is InChI=1S/C35H38FNO2/c1-25(30-18-19-34(36)26(2)20-30)21-35(29-11-6-5-7-12-29)37(3)24-32(38)22-27-10-8-13-28(17-16-27)31-14-9-15-33(23-31)39-4/h5-7,9-12,14-15,18-21,23,28H,1,8,13,16-17,22,24H2,2-4H3/b35-21-. The van der Waals surface area contributed by atoms with Crippen molar-refractivity contribution in [3.05, 3.63) is 125 Å². The largest absolute Gasteiger partial charge is 0.497 e. The predicted octanol–water partition coefficient (Wildman–Crippen LogP) is 8.37. The number of ether oxygens (including phenoxy) is 1. The lowest BCUT2D eigenvalue weighted by molar-refractivity contribution is -0.118. The molecule has 0 amide bonds. The van der Waals surface area contributed by atoms with Crippen molar-refractivity contribution in [1.82, 2.24) is 4.90 Å². The molecule has 0 fully saturated rings. The minimum absolute atomic E-state index is 0.189. The van der Waals surface area contributed by atoms with Crippen molar-refractivity contribution >= 4 is 17.1 Å². The van der Waals surface area contributed by atoms with E-state index in [4.69, 9.17) is 4.74 Å². The summed E-state index contributed by atoms with van der Waals surface area (Å²) in [4.78, 5) is 15.2. The number of nitrogens with zero attached hydrogens (tertiary/aromatic N) is 1. The molecule has 0 aromatic heterocycles. The Morgan fingerprint density at radius 2 is 1.85 bits per heavy atom. The molecule has 3 aromatic rings. The first-order valence-electron chi connectivity index (χ1n) is 13.6. The molecule has 3 nitrogen and oxygen atoms in total. The number of hydrogen-bond acceptors (Lipinski definition) is 3. The van der Waals surface area contributed by atoms with Crippen molar-refractivity contribution in [2.45, 2.75) is 44.9 Å². The lowest BCUT2D eigenvalue weighted by Crippen LogP contribution is -2.25. The molecular weight excluding hydrogens is 485 g/mol. The van der Waals surface area contributed by atoms with Gasteiger partial charge < -0.3 is 9.64 Å². The van der Waals surface area contributed by atoms with Gasteiger partial charge in [-0.3, -0.25) is 4.79 Å². The van der Waals surface area contributed by atoms with Crippen molar-refractivity contribution in [1.29, 1.82) is 0 Å². The molecule has 3 aromatic carbocycles. The van der Waals surface area contributed by atoms with Crippen LogP contribution in [0, 0.1) is 12.7 Å². The van der Waals surface area contributed by atoms with Crippen LogP contribution >= 0.6 is 0 Å². The molecule has 0 spiro atoms. The molecule has 0 N–H and O–H groups in total. The highest BCUT2D eigenvalue weighted by atomic mass is 19.1. The van der Waals surface area contributed by atoms with Gasteiger partial charge in [-0.1, -0.05) is 66.8 Å². The van der Waals surface area contributed by atoms with E-state index in [9.17, 15) is 9.18 Å². The van der Waals surface area contributed by atoms with E-state index < -0.39 is 0 Å². The van der Waals surface area contributed by atoms with Crippen molar-refractivity contribution in [3.63, 3.8) is 0 Å². The molecule has 4 rings (SSSR count). The van der Waals surface area contributed by atoms with E-state index >= 15 is 0 Å². The summed E-state index contributed by atoms with van der Waals surface area (Å²) in [7, 11) is 3.65. The maximum atomic E-state index is 13.8. The van der Waals surface area contributed by atoms with Gasteiger partial charge in [0.25, 0.3) is 0 Å². The normalized spacial score (nSPS) is 15.7. The van der Waals surface area contributed by atoms with E-state index in [2.05, 4.69) is 30.9 Å². The molecule has 0 saturated heterocycles. The number of hydrogen-bond donors (Lipinski definition) is 0. The Hall–Kier alpha value is -3.92. The summed E-state index contributed by atoms with van der Waals surface area (Å²) in [5.74, 6) is 1.32. The summed E-state index contributed by atoms with van der Waals surface area (Å²) < 4.78 is 19.2. The topological polar surface area (TPSA) is 29.5 Å². The van der Waals surface area contributed by atoms with E-state index in [1.54, 1.807) is 26.2 Å². The highest BCUT2D eigenvalue weighted by Gasteiger charge is 2.19. The number of rotatable bonds is 10. The average molecular weight is 524 g/mol. The Morgan fingerprint density at radius 1 is 1.05 bits per heavy atom. The third kappa shape index (κ3) is 7.57. The SMILES string of the molecule is C=C(/C=C(/c1ccccc1)N(C)CC(=O)CC1=CCCC(c2cccc(OC)c2)CC1)c1ccc(F)c(C)c1. The molecule has 0 radical (unpaired) electrons. The summed E-state index contributed by atoms with van der Waals surface area (Å²) in [6.07, 6.45) is 8.75. The van der Waals surface area contributed by atoms with Crippen LogP contribution in [0.15, 0.2) is 97.1 Å². The summed E-state index contributed by atoms with van der Waals surface area (Å²) in [6, 6.07) is 23.4. The molecule has 0 saturated carbocycles. The number of carbonyl (C=O) groups excluding carboxylic acids is 1. The number of likely N-dealkylation sites (N-methyl/N-ethyl adjacent to an activating group) is 1. The van der Waals surface area contributed by atoms with Crippen LogP contribution < -0.4 is 4.74 Å². The van der Waals surface area contributed by atoms with Crippen LogP contribution in [0.3, 0.4) is 0 Å². The van der Waals surface area contributed by atoms with E-state index in [0.717, 1.165) is 53.8 Å². The van der Waals surface area contributed by atoms with E-state index in [1.807, 2.05) is 54.4 Å². The molecule has 0 heterocycles. The molecule has 1 aliphatic carbocycles. The zero-order valence-corrected chi connectivity index (χ0v) is 23.3. The second-order valence-corrected chi connectivity index (χ2v) is 10.4. The Bertz CT molecular complexity index is 1370. The minimum atomic E-state index is -0.232. The van der Waals surface area contributed by atoms with Gasteiger partial charge in [0.05, 0.1) is 13.7 Å². The molecule has 202 valence electrons. The summed E-state index contributed by atoms with van der Waals surface area (Å²) in [6.45, 7) is 6.29. The van der Waals surface area contributed by atoms with Crippen molar-refractivity contribution in [2.24, 2.45) is 0 Å². The number of Topliss-reactive ketones (excluding diaryl/α,β-unsaturated/α-hetero) is 1. The number of benzene rings is 3. The number of carbonyl (C=O) groups is 1. The quantitative estimate of drug-likeness (QED) is 0.197. The number of allylic oxidation sites excluding steroid dienone is 4. The maximum absolute atomic E-state index is 13.8. The lowest BCUT2D eigenvalue weighted by Gasteiger charge is -2.23. The summed E-state index contributed by atoms with van der Waals surface area (Å²) in [5.41, 5.74) is 6.66. The lowest BCUT2D eigenvalue weighted by atomic mass is 9.90. The molecule has 0 aliphatic heterocycles. The molecule has 4 heteroatoms. The Balaban J connectivity index is 1.43. The van der Waals surface area contributed by atoms with Gasteiger partial charge in [0.1, 0.15) is 11.6 Å². The first kappa shape index (κ1) is 28.1. The minimum Gasteiger partial charge on any atom is -0.497 e. The number of halogens is 1. The Kier molecular flexibility index (Phi) is 9.54. The van der Waals surface area contributed by atoms with Crippen LogP contribution in [0.5, 0.6) is 5.75 Å². The second kappa shape index (κ2) is 13.2. The Labute approximate surface area is 232 Å². The van der Waals surface area contributed by atoms with Gasteiger partial charge in [-0.25, -0.2) is 4.39 Å². The molecule has 0 bridgehead atoms. The van der Waals surface area contributed by atoms with Gasteiger partial charge in [-0.15, -0.1) is 0 Å². The molecule has 39 heavy (non-hydrogen) atoms. The van der Waals surface area contributed by atoms with Gasteiger partial charge in [-0.05, 0) is 96.7 Å². The molecule has 1 atom stereocenters. The third-order valence-electron chi connectivity index (χ3n) is 7.49. The zero-order chi connectivity index (χ0) is 27.8. The smallest absolute Gasteiger partial charge is 0.156 e. The predicted molar refractivity (Wildman–Crippen MR) is 159 cm³/mol. The molecular formula is C35H38FNO2. The van der Waals surface area contributed by atoms with Crippen molar-refractivity contribution in [3.8, 4) is 5.75 Å². The van der Waals surface area contributed by atoms with Crippen molar-refractivity contribution < 1.29 is 13.9 Å². The average Bonchev–Trinajstić information content (AvgIpc) is 3.19. The number of ketones is 1. The summed E-state index contributed by atoms with van der Waals surface area (Å²) in [5, 5.41) is 0. The van der Waals surface area contributed by atoms with Crippen LogP contribution in [0.2, 0.25) is 0 Å². The van der Waals surface area contributed by atoms with Crippen LogP contribution in [-0.2, 0) is 4.79 Å². The first-order chi connectivity index (χ1) is 18.8. The number of aryl methyl sites for hydroxylation is 1. The van der Waals surface area contributed by atoms with Crippen LogP contribution in [-0.4, -0.2) is 31.4 Å². The maximum Gasteiger partial charge on any atom is 0.156 e. The van der Waals surface area contributed by atoms with Gasteiger partial charge in [0.15, 0.2) is 5.78 Å². The fraction of sp³-hybridized carbons (Fsp3) is 0.286. The van der Waals surface area contributed by atoms with Gasteiger partial charge in [0.2, 0.25) is 0 Å². The number of methoxy groups -OCH3 is 1. The van der Waals surface area contributed by atoms with Crippen molar-refractivity contribution in [2.75, 3.05) is 20.7 Å². The van der Waals surface area contributed by atoms with Gasteiger partial charge >= 0.3 is 0 Å². The van der Waals surface area contributed by atoms with Crippen LogP contribution in [0.1, 0.15) is 60.3 Å². The highest BCUT2D eigenvalue weighted by Crippen LogP contribution is 2.34. The Morgan fingerprint density at radius 3 is 2.59 bits per heavy atom. The van der Waals surface area contributed by atoms with Gasteiger partial charge in [-0.2, -0.15) is 0 Å². The van der Waals surface area contributed by atoms with E-state index in [0.29, 0.717) is 24.4 Å². The fourth-order valence-corrected chi connectivity index (χ4v) is 5.26. The zero-order valence-electron chi connectivity index (χ0n) is 23.3. The highest BCUT2D eigenvalue weighted by molar-refractivity contribution is 5.87. The third-order valence-corrected chi connectivity index (χ3v) is 7.49. The fourth-order valence-electron chi connectivity index (χ4n) is 5.26. The first-order valence-corrected chi connectivity index (χ1v) is 13.6. The second-order valence-electron chi connectivity index (χ2n) is 10.4. The van der Waals surface area contributed by atoms with Crippen LogP contribution in [0.25, 0.3) is 11.3 Å². The van der Waals surface area contributed by atoms with Gasteiger partial charge in [0, 0.05) is 19.2 Å². The summed E-state index contributed by atoms with van der Waals surface area (Å²) >= 11 is 0. The molecule has 1 unspecified atom stereocenters.